The first-order chi connectivity index (χ1) is 12.8. The van der Waals surface area contributed by atoms with E-state index in [0.29, 0.717) is 19.2 Å². The number of hydrogen-bond acceptors (Lipinski definition) is 5. The second-order valence-corrected chi connectivity index (χ2v) is 6.72. The Bertz CT molecular complexity index is 941. The maximum atomic E-state index is 6.04. The van der Waals surface area contributed by atoms with E-state index in [1.807, 2.05) is 21.8 Å². The highest BCUT2D eigenvalue weighted by Gasteiger charge is 2.22. The fourth-order valence-electron chi connectivity index (χ4n) is 3.34. The van der Waals surface area contributed by atoms with Crippen LogP contribution in [0, 0.1) is 0 Å². The molecule has 1 aromatic carbocycles. The van der Waals surface area contributed by atoms with Gasteiger partial charge in [0.25, 0.3) is 0 Å². The van der Waals surface area contributed by atoms with Gasteiger partial charge in [0, 0.05) is 35.6 Å². The minimum Gasteiger partial charge on any atom is -0.487 e. The molecule has 26 heavy (non-hydrogen) atoms. The predicted octanol–water partition coefficient (Wildman–Crippen LogP) is 2.69. The molecule has 2 aromatic heterocycles. The van der Waals surface area contributed by atoms with Crippen LogP contribution in [0.3, 0.4) is 0 Å². The average Bonchev–Trinajstić information content (AvgIpc) is 3.18. The van der Waals surface area contributed by atoms with Crippen LogP contribution in [0.25, 0.3) is 11.3 Å². The summed E-state index contributed by atoms with van der Waals surface area (Å²) in [6.45, 7) is 5.68. The molecule has 1 N–H and O–H groups in total. The molecule has 3 aromatic rings. The van der Waals surface area contributed by atoms with Crippen molar-refractivity contribution in [1.82, 2.24) is 19.6 Å². The van der Waals surface area contributed by atoms with Crippen LogP contribution in [-0.2, 0) is 17.9 Å². The minimum atomic E-state index is 0.352. The molecule has 5 rings (SSSR count). The third-order valence-electron chi connectivity index (χ3n) is 4.90. The van der Waals surface area contributed by atoms with Gasteiger partial charge in [0.15, 0.2) is 0 Å². The van der Waals surface area contributed by atoms with E-state index in [2.05, 4.69) is 41.6 Å². The molecule has 0 spiro atoms. The highest BCUT2D eigenvalue weighted by Crippen LogP contribution is 2.30. The van der Waals surface area contributed by atoms with E-state index < -0.39 is 0 Å². The lowest BCUT2D eigenvalue weighted by Gasteiger charge is -2.25. The lowest BCUT2D eigenvalue weighted by Crippen LogP contribution is -2.30. The molecule has 7 heteroatoms. The molecule has 7 nitrogen and oxygen atoms in total. The second kappa shape index (κ2) is 6.17. The summed E-state index contributed by atoms with van der Waals surface area (Å²) >= 11 is 0. The number of hydrogen-bond donors (Lipinski definition) is 1. The van der Waals surface area contributed by atoms with Gasteiger partial charge in [-0.25, -0.2) is 0 Å². The minimum absolute atomic E-state index is 0.352. The maximum Gasteiger partial charge on any atom is 0.130 e. The quantitative estimate of drug-likeness (QED) is 0.783. The van der Waals surface area contributed by atoms with Crippen LogP contribution >= 0.6 is 0 Å². The topological polar surface area (TPSA) is 66.1 Å². The molecule has 0 saturated carbocycles. The number of anilines is 1. The smallest absolute Gasteiger partial charge is 0.130 e. The summed E-state index contributed by atoms with van der Waals surface area (Å²) in [7, 11) is 0. The Morgan fingerprint density at radius 2 is 2.19 bits per heavy atom. The molecule has 0 aliphatic carbocycles. The summed E-state index contributed by atoms with van der Waals surface area (Å²) in [5.74, 6) is 0.924. The Kier molecular flexibility index (Phi) is 3.67. The van der Waals surface area contributed by atoms with Crippen LogP contribution in [0.2, 0.25) is 0 Å². The zero-order valence-electron chi connectivity index (χ0n) is 14.7. The van der Waals surface area contributed by atoms with Gasteiger partial charge >= 0.3 is 0 Å². The van der Waals surface area contributed by atoms with E-state index >= 15 is 0 Å². The summed E-state index contributed by atoms with van der Waals surface area (Å²) in [6, 6.07) is 8.71. The van der Waals surface area contributed by atoms with E-state index in [-0.39, 0.29) is 0 Å². The second-order valence-electron chi connectivity index (χ2n) is 6.72. The van der Waals surface area contributed by atoms with Gasteiger partial charge in [-0.2, -0.15) is 10.2 Å². The van der Waals surface area contributed by atoms with E-state index in [4.69, 9.17) is 14.6 Å². The number of fused-ring (bicyclic) bond motifs is 2. The lowest BCUT2D eigenvalue weighted by atomic mass is 10.2. The van der Waals surface area contributed by atoms with E-state index in [1.54, 1.807) is 0 Å². The van der Waals surface area contributed by atoms with Crippen LogP contribution in [0.5, 0.6) is 5.75 Å². The largest absolute Gasteiger partial charge is 0.487 e. The van der Waals surface area contributed by atoms with Gasteiger partial charge in [-0.05, 0) is 19.1 Å². The zero-order valence-corrected chi connectivity index (χ0v) is 14.7. The van der Waals surface area contributed by atoms with Crippen LogP contribution in [0.1, 0.15) is 24.2 Å². The van der Waals surface area contributed by atoms with Crippen molar-refractivity contribution in [3.63, 3.8) is 0 Å². The van der Waals surface area contributed by atoms with Crippen molar-refractivity contribution in [2.75, 3.05) is 25.1 Å². The van der Waals surface area contributed by atoms with Crippen molar-refractivity contribution in [2.45, 2.75) is 26.1 Å². The van der Waals surface area contributed by atoms with Gasteiger partial charge in [0.05, 0.1) is 43.4 Å². The molecule has 1 fully saturated rings. The normalized spacial score (nSPS) is 16.2. The Morgan fingerprint density at radius 1 is 1.27 bits per heavy atom. The Labute approximate surface area is 151 Å². The third kappa shape index (κ3) is 2.64. The number of nitrogens with one attached hydrogen (secondary N) is 1. The molecule has 2 aliphatic rings. The van der Waals surface area contributed by atoms with Crippen molar-refractivity contribution in [1.29, 1.82) is 0 Å². The Balaban J connectivity index is 1.41. The first kappa shape index (κ1) is 15.5. The third-order valence-corrected chi connectivity index (χ3v) is 4.90. The van der Waals surface area contributed by atoms with E-state index in [0.717, 1.165) is 53.7 Å². The molecule has 134 valence electrons. The highest BCUT2D eigenvalue weighted by atomic mass is 16.5. The summed E-state index contributed by atoms with van der Waals surface area (Å²) < 4.78 is 15.3. The number of rotatable bonds is 4. The summed E-state index contributed by atoms with van der Waals surface area (Å²) in [4.78, 5) is 0. The molecular weight excluding hydrogens is 330 g/mol. The summed E-state index contributed by atoms with van der Waals surface area (Å²) in [5, 5.41) is 12.6. The fraction of sp³-hybridized carbons (Fsp3) is 0.368. The fourth-order valence-corrected chi connectivity index (χ4v) is 3.34. The first-order valence-corrected chi connectivity index (χ1v) is 8.99. The van der Waals surface area contributed by atoms with Crippen molar-refractivity contribution in [2.24, 2.45) is 0 Å². The van der Waals surface area contributed by atoms with Crippen LogP contribution < -0.4 is 10.1 Å². The van der Waals surface area contributed by atoms with E-state index in [1.165, 1.54) is 0 Å². The Morgan fingerprint density at radius 3 is 3.00 bits per heavy atom. The Hall–Kier alpha value is -2.80. The number of ether oxygens (including phenoxy) is 2. The van der Waals surface area contributed by atoms with Gasteiger partial charge in [-0.3, -0.25) is 9.36 Å². The molecule has 0 unspecified atom stereocenters. The predicted molar refractivity (Wildman–Crippen MR) is 97.3 cm³/mol. The number of aromatic nitrogens is 4. The summed E-state index contributed by atoms with van der Waals surface area (Å²) in [5.41, 5.74) is 5.25. The standard InChI is InChI=1S/C19H21N5O2/c1-2-20-15-4-3-13-8-24-16(12-26-19(13)5-15)6-18(22-24)14-7-21-23(9-14)17-10-25-11-17/h3-7,9,17,20H,2,8,10-12H2,1H3. The van der Waals surface area contributed by atoms with Gasteiger partial charge in [0.2, 0.25) is 0 Å². The molecule has 0 bridgehead atoms. The summed E-state index contributed by atoms with van der Waals surface area (Å²) in [6.07, 6.45) is 3.92. The van der Waals surface area contributed by atoms with Gasteiger partial charge in [-0.1, -0.05) is 6.07 Å². The van der Waals surface area contributed by atoms with Gasteiger partial charge in [-0.15, -0.1) is 0 Å². The lowest BCUT2D eigenvalue weighted by molar-refractivity contribution is -0.0286. The zero-order chi connectivity index (χ0) is 17.5. The maximum absolute atomic E-state index is 6.04. The number of benzene rings is 1. The molecule has 0 atom stereocenters. The van der Waals surface area contributed by atoms with Crippen molar-refractivity contribution < 1.29 is 9.47 Å². The monoisotopic (exact) mass is 351 g/mol. The molecule has 0 radical (unpaired) electrons. The molecule has 0 amide bonds. The SMILES string of the molecule is CCNc1ccc2c(c1)OCc1cc(-c3cnn(C4COC4)c3)nn1C2. The van der Waals surface area contributed by atoms with Crippen LogP contribution in [0.15, 0.2) is 36.7 Å². The van der Waals surface area contributed by atoms with Crippen molar-refractivity contribution >= 4 is 5.69 Å². The number of nitrogens with zero attached hydrogens (tertiary/aromatic N) is 4. The molecule has 2 aliphatic heterocycles. The first-order valence-electron chi connectivity index (χ1n) is 8.99. The molecule has 4 heterocycles. The van der Waals surface area contributed by atoms with E-state index in [9.17, 15) is 0 Å². The highest BCUT2D eigenvalue weighted by molar-refractivity contribution is 5.58. The van der Waals surface area contributed by atoms with Gasteiger partial charge in [0.1, 0.15) is 12.4 Å². The van der Waals surface area contributed by atoms with Crippen LogP contribution in [-0.4, -0.2) is 39.3 Å². The van der Waals surface area contributed by atoms with Gasteiger partial charge < -0.3 is 14.8 Å². The molecule has 1 saturated heterocycles. The van der Waals surface area contributed by atoms with Crippen molar-refractivity contribution in [3.8, 4) is 17.0 Å². The van der Waals surface area contributed by atoms with Crippen LogP contribution in [0.4, 0.5) is 5.69 Å². The molecular formula is C19H21N5O2. The van der Waals surface area contributed by atoms with Crippen molar-refractivity contribution in [3.05, 3.63) is 47.9 Å². The average molecular weight is 351 g/mol.